The van der Waals surface area contributed by atoms with Gasteiger partial charge in [-0.2, -0.15) is 5.10 Å². The fourth-order valence-corrected chi connectivity index (χ4v) is 4.75. The monoisotopic (exact) mass is 456 g/mol. The largest absolute Gasteiger partial charge is 0.493 e. The molecule has 9 heteroatoms. The number of nitrogens with zero attached hydrogens (tertiary/aromatic N) is 2. The van der Waals surface area contributed by atoms with Crippen molar-refractivity contribution in [2.45, 2.75) is 38.1 Å². The van der Waals surface area contributed by atoms with E-state index in [-0.39, 0.29) is 28.7 Å². The van der Waals surface area contributed by atoms with Crippen LogP contribution in [0.4, 0.5) is 0 Å². The van der Waals surface area contributed by atoms with E-state index in [1.807, 2.05) is 20.8 Å². The van der Waals surface area contributed by atoms with Gasteiger partial charge in [-0.05, 0) is 63.1 Å². The standard InChI is InChI=1S/C23H24N2O6S/c1-13-15(21(26)16-11-24-25(22(16)27)23(2,3)4)7-9-19(32(5,28)29)20(13)14-6-8-17-18(10-14)31-12-30-17/h6-11,27H,12H2,1-5H3. The molecular weight excluding hydrogens is 432 g/mol. The minimum Gasteiger partial charge on any atom is -0.493 e. The maximum absolute atomic E-state index is 13.4. The Kier molecular flexibility index (Phi) is 5.04. The van der Waals surface area contributed by atoms with E-state index in [9.17, 15) is 18.3 Å². The zero-order valence-corrected chi connectivity index (χ0v) is 19.3. The molecule has 3 aromatic rings. The molecule has 2 heterocycles. The molecule has 0 unspecified atom stereocenters. The number of fused-ring (bicyclic) bond motifs is 1. The summed E-state index contributed by atoms with van der Waals surface area (Å²) < 4.78 is 37.2. The van der Waals surface area contributed by atoms with Crippen LogP contribution in [0.5, 0.6) is 17.4 Å². The van der Waals surface area contributed by atoms with E-state index < -0.39 is 21.2 Å². The van der Waals surface area contributed by atoms with Gasteiger partial charge in [0, 0.05) is 17.4 Å². The minimum absolute atomic E-state index is 0.0479. The van der Waals surface area contributed by atoms with Gasteiger partial charge in [0.1, 0.15) is 5.56 Å². The summed E-state index contributed by atoms with van der Waals surface area (Å²) in [7, 11) is -3.60. The lowest BCUT2D eigenvalue weighted by Gasteiger charge is -2.20. The third kappa shape index (κ3) is 3.62. The molecule has 1 aliphatic heterocycles. The summed E-state index contributed by atoms with van der Waals surface area (Å²) in [6.45, 7) is 7.35. The minimum atomic E-state index is -3.60. The van der Waals surface area contributed by atoms with Crippen molar-refractivity contribution in [2.75, 3.05) is 13.0 Å². The number of sulfone groups is 1. The number of aromatic hydroxyl groups is 1. The van der Waals surface area contributed by atoms with Gasteiger partial charge in [-0.25, -0.2) is 13.1 Å². The van der Waals surface area contributed by atoms with E-state index in [0.29, 0.717) is 28.2 Å². The molecule has 2 aromatic carbocycles. The lowest BCUT2D eigenvalue weighted by atomic mass is 9.92. The van der Waals surface area contributed by atoms with Crippen LogP contribution in [-0.2, 0) is 15.4 Å². The summed E-state index contributed by atoms with van der Waals surface area (Å²) in [6.07, 6.45) is 2.45. The maximum atomic E-state index is 13.4. The number of hydrogen-bond acceptors (Lipinski definition) is 7. The second-order valence-electron chi connectivity index (χ2n) is 8.75. The van der Waals surface area contributed by atoms with Gasteiger partial charge in [-0.15, -0.1) is 0 Å². The van der Waals surface area contributed by atoms with Crippen LogP contribution < -0.4 is 9.47 Å². The molecular formula is C23H24N2O6S. The molecule has 4 rings (SSSR count). The van der Waals surface area contributed by atoms with Crippen LogP contribution in [-0.4, -0.2) is 42.1 Å². The first-order chi connectivity index (χ1) is 14.9. The Labute approximate surface area is 186 Å². The van der Waals surface area contributed by atoms with E-state index in [0.717, 1.165) is 6.26 Å². The average molecular weight is 457 g/mol. The number of ketones is 1. The number of rotatable bonds is 4. The van der Waals surface area contributed by atoms with Gasteiger partial charge < -0.3 is 14.6 Å². The molecule has 32 heavy (non-hydrogen) atoms. The zero-order chi connectivity index (χ0) is 23.4. The molecule has 0 aliphatic carbocycles. The van der Waals surface area contributed by atoms with Crippen molar-refractivity contribution < 1.29 is 27.8 Å². The number of ether oxygens (including phenoxy) is 2. The first-order valence-corrected chi connectivity index (χ1v) is 11.8. The van der Waals surface area contributed by atoms with Gasteiger partial charge in [0.25, 0.3) is 0 Å². The molecule has 1 N–H and O–H groups in total. The summed E-state index contributed by atoms with van der Waals surface area (Å²) in [6, 6.07) is 8.02. The number of carbonyl (C=O) groups is 1. The normalized spacial score (nSPS) is 13.4. The van der Waals surface area contributed by atoms with E-state index in [1.54, 1.807) is 25.1 Å². The van der Waals surface area contributed by atoms with Gasteiger partial charge in [0.2, 0.25) is 12.7 Å². The van der Waals surface area contributed by atoms with Crippen LogP contribution in [0.25, 0.3) is 11.1 Å². The Morgan fingerprint density at radius 2 is 1.78 bits per heavy atom. The maximum Gasteiger partial charge on any atom is 0.231 e. The first kappa shape index (κ1) is 21.9. The van der Waals surface area contributed by atoms with Crippen LogP contribution in [0.15, 0.2) is 41.4 Å². The highest BCUT2D eigenvalue weighted by Crippen LogP contribution is 2.40. The lowest BCUT2D eigenvalue weighted by molar-refractivity contribution is 0.103. The van der Waals surface area contributed by atoms with E-state index in [1.165, 1.54) is 23.0 Å². The molecule has 0 bridgehead atoms. The Balaban J connectivity index is 1.90. The predicted molar refractivity (Wildman–Crippen MR) is 118 cm³/mol. The smallest absolute Gasteiger partial charge is 0.231 e. The molecule has 168 valence electrons. The highest BCUT2D eigenvalue weighted by Gasteiger charge is 2.28. The van der Waals surface area contributed by atoms with Crippen molar-refractivity contribution in [1.29, 1.82) is 0 Å². The SMILES string of the molecule is Cc1c(C(=O)c2cnn(C(C)(C)C)c2O)ccc(S(C)(=O)=O)c1-c1ccc2c(c1)OCO2. The van der Waals surface area contributed by atoms with Crippen molar-refractivity contribution in [2.24, 2.45) is 0 Å². The van der Waals surface area contributed by atoms with Crippen molar-refractivity contribution in [3.8, 4) is 28.5 Å². The number of hydrogen-bond donors (Lipinski definition) is 1. The van der Waals surface area contributed by atoms with Crippen molar-refractivity contribution in [3.05, 3.63) is 53.2 Å². The fraction of sp³-hybridized carbons (Fsp3) is 0.304. The van der Waals surface area contributed by atoms with Crippen molar-refractivity contribution in [3.63, 3.8) is 0 Å². The topological polar surface area (TPSA) is 108 Å². The van der Waals surface area contributed by atoms with E-state index in [4.69, 9.17) is 9.47 Å². The second-order valence-corrected chi connectivity index (χ2v) is 10.7. The summed E-state index contributed by atoms with van der Waals surface area (Å²) in [4.78, 5) is 13.4. The third-order valence-corrected chi connectivity index (χ3v) is 6.50. The molecule has 8 nitrogen and oxygen atoms in total. The van der Waals surface area contributed by atoms with Crippen LogP contribution in [0, 0.1) is 6.92 Å². The number of carbonyl (C=O) groups excluding carboxylic acids is 1. The van der Waals surface area contributed by atoms with Gasteiger partial charge in [0.05, 0.1) is 16.6 Å². The van der Waals surface area contributed by atoms with Gasteiger partial charge in [-0.1, -0.05) is 6.07 Å². The summed E-state index contributed by atoms with van der Waals surface area (Å²) in [5.41, 5.74) is 1.26. The highest BCUT2D eigenvalue weighted by atomic mass is 32.2. The molecule has 1 aromatic heterocycles. The third-order valence-electron chi connectivity index (χ3n) is 5.36. The molecule has 0 saturated carbocycles. The molecule has 0 spiro atoms. The Hall–Kier alpha value is -3.33. The lowest BCUT2D eigenvalue weighted by Crippen LogP contribution is -2.22. The summed E-state index contributed by atoms with van der Waals surface area (Å²) >= 11 is 0. The van der Waals surface area contributed by atoms with Crippen LogP contribution in [0.1, 0.15) is 42.3 Å². The molecule has 0 radical (unpaired) electrons. The molecule has 0 saturated heterocycles. The van der Waals surface area contributed by atoms with E-state index in [2.05, 4.69) is 5.10 Å². The van der Waals surface area contributed by atoms with Crippen LogP contribution in [0.2, 0.25) is 0 Å². The average Bonchev–Trinajstić information content (AvgIpc) is 3.31. The number of benzene rings is 2. The first-order valence-electron chi connectivity index (χ1n) is 9.95. The quantitative estimate of drug-likeness (QED) is 0.597. The molecule has 0 amide bonds. The molecule has 0 fully saturated rings. The Bertz CT molecular complexity index is 1350. The van der Waals surface area contributed by atoms with Crippen molar-refractivity contribution >= 4 is 15.6 Å². The van der Waals surface area contributed by atoms with Gasteiger partial charge >= 0.3 is 0 Å². The zero-order valence-electron chi connectivity index (χ0n) is 18.5. The Morgan fingerprint density at radius 3 is 2.41 bits per heavy atom. The van der Waals surface area contributed by atoms with Crippen molar-refractivity contribution in [1.82, 2.24) is 9.78 Å². The molecule has 1 aliphatic rings. The second kappa shape index (κ2) is 7.37. The van der Waals surface area contributed by atoms with Gasteiger partial charge in [0.15, 0.2) is 27.1 Å². The highest BCUT2D eigenvalue weighted by molar-refractivity contribution is 7.90. The summed E-state index contributed by atoms with van der Waals surface area (Å²) in [5.74, 6) is 0.387. The van der Waals surface area contributed by atoms with Gasteiger partial charge in [-0.3, -0.25) is 4.79 Å². The predicted octanol–water partition coefficient (Wildman–Crippen LogP) is 3.68. The summed E-state index contributed by atoms with van der Waals surface area (Å²) in [5, 5.41) is 14.8. The van der Waals surface area contributed by atoms with Crippen LogP contribution in [0.3, 0.4) is 0 Å². The fourth-order valence-electron chi connectivity index (χ4n) is 3.79. The number of aromatic nitrogens is 2. The van der Waals surface area contributed by atoms with Crippen LogP contribution >= 0.6 is 0 Å². The molecule has 0 atom stereocenters. The Morgan fingerprint density at radius 1 is 1.09 bits per heavy atom. The van der Waals surface area contributed by atoms with E-state index >= 15 is 0 Å².